The fourth-order valence-corrected chi connectivity index (χ4v) is 5.00. The largest absolute Gasteiger partial charge is 0.486 e. The molecule has 1 aliphatic carbocycles. The van der Waals surface area contributed by atoms with Crippen molar-refractivity contribution >= 4 is 27.0 Å². The normalized spacial score (nSPS) is 16.3. The summed E-state index contributed by atoms with van der Waals surface area (Å²) >= 11 is 1.08. The van der Waals surface area contributed by atoms with Crippen LogP contribution in [0, 0.1) is 0 Å². The van der Waals surface area contributed by atoms with Gasteiger partial charge in [0.05, 0.1) is 10.6 Å². The zero-order valence-corrected chi connectivity index (χ0v) is 15.7. The van der Waals surface area contributed by atoms with Gasteiger partial charge in [0, 0.05) is 12.0 Å². The van der Waals surface area contributed by atoms with E-state index in [2.05, 4.69) is 14.9 Å². The molecule has 0 amide bonds. The number of hydrogen-bond acceptors (Lipinski definition) is 8. The fraction of sp³-hybridized carbons (Fsp3) is 0.294. The molecule has 0 saturated heterocycles. The molecule has 1 N–H and O–H groups in total. The number of thiophene rings is 1. The van der Waals surface area contributed by atoms with Crippen LogP contribution in [-0.2, 0) is 10.0 Å². The van der Waals surface area contributed by atoms with Crippen LogP contribution in [0.25, 0.3) is 10.8 Å². The summed E-state index contributed by atoms with van der Waals surface area (Å²) in [6.07, 6.45) is 2.12. The minimum absolute atomic E-state index is 0.165. The fourth-order valence-electron chi connectivity index (χ4n) is 2.72. The Balaban J connectivity index is 1.37. The van der Waals surface area contributed by atoms with Gasteiger partial charge in [-0.05, 0) is 37.1 Å². The number of hydrogen-bond donors (Lipinski definition) is 1. The van der Waals surface area contributed by atoms with Gasteiger partial charge in [-0.1, -0.05) is 0 Å². The Bertz CT molecular complexity index is 1100. The molecule has 0 spiro atoms. The van der Waals surface area contributed by atoms with E-state index in [9.17, 15) is 8.42 Å². The van der Waals surface area contributed by atoms with Gasteiger partial charge in [-0.15, -0.1) is 21.5 Å². The van der Waals surface area contributed by atoms with Crippen LogP contribution < -0.4 is 14.2 Å². The van der Waals surface area contributed by atoms with Crippen molar-refractivity contribution in [3.05, 3.63) is 36.2 Å². The van der Waals surface area contributed by atoms with Crippen LogP contribution in [0.4, 0.5) is 5.69 Å². The Labute approximate surface area is 159 Å². The highest BCUT2D eigenvalue weighted by Crippen LogP contribution is 2.41. The summed E-state index contributed by atoms with van der Waals surface area (Å²) in [7, 11) is -3.74. The van der Waals surface area contributed by atoms with E-state index in [4.69, 9.17) is 13.9 Å². The summed E-state index contributed by atoms with van der Waals surface area (Å²) in [5.74, 6) is 2.45. The summed E-state index contributed by atoms with van der Waals surface area (Å²) in [6.45, 7) is 0.915. The Kier molecular flexibility index (Phi) is 3.83. The molecule has 1 aromatic carbocycles. The van der Waals surface area contributed by atoms with Gasteiger partial charge in [-0.2, -0.15) is 0 Å². The number of nitrogens with zero attached hydrogens (tertiary/aromatic N) is 2. The van der Waals surface area contributed by atoms with Crippen LogP contribution in [0.1, 0.15) is 24.7 Å². The van der Waals surface area contributed by atoms with Crippen LogP contribution in [-0.4, -0.2) is 31.8 Å². The van der Waals surface area contributed by atoms with Crippen LogP contribution >= 0.6 is 11.3 Å². The van der Waals surface area contributed by atoms with E-state index in [1.54, 1.807) is 24.3 Å². The van der Waals surface area contributed by atoms with E-state index in [1.165, 1.54) is 6.07 Å². The maximum absolute atomic E-state index is 12.7. The van der Waals surface area contributed by atoms with Crippen molar-refractivity contribution in [3.8, 4) is 22.3 Å². The molecule has 3 heterocycles. The predicted molar refractivity (Wildman–Crippen MR) is 97.8 cm³/mol. The lowest BCUT2D eigenvalue weighted by Gasteiger charge is -2.19. The molecule has 1 fully saturated rings. The lowest BCUT2D eigenvalue weighted by Crippen LogP contribution is -2.16. The summed E-state index contributed by atoms with van der Waals surface area (Å²) in [6, 6.07) is 8.14. The van der Waals surface area contributed by atoms with Gasteiger partial charge in [-0.3, -0.25) is 4.72 Å². The Morgan fingerprint density at radius 1 is 1.04 bits per heavy atom. The lowest BCUT2D eigenvalue weighted by atomic mass is 10.3. The van der Waals surface area contributed by atoms with Gasteiger partial charge in [-0.25, -0.2) is 8.42 Å². The number of benzene rings is 1. The van der Waals surface area contributed by atoms with Crippen molar-refractivity contribution in [1.82, 2.24) is 10.2 Å². The van der Waals surface area contributed by atoms with Crippen molar-refractivity contribution < 1.29 is 22.3 Å². The van der Waals surface area contributed by atoms with E-state index in [-0.39, 0.29) is 4.21 Å². The number of fused-ring (bicyclic) bond motifs is 1. The second-order valence-electron chi connectivity index (χ2n) is 6.30. The maximum atomic E-state index is 12.7. The Morgan fingerprint density at radius 3 is 2.67 bits per heavy atom. The lowest BCUT2D eigenvalue weighted by molar-refractivity contribution is 0.171. The number of anilines is 1. The molecule has 27 heavy (non-hydrogen) atoms. The first-order valence-corrected chi connectivity index (χ1v) is 10.7. The number of sulfonamides is 1. The van der Waals surface area contributed by atoms with Gasteiger partial charge in [0.25, 0.3) is 15.9 Å². The molecule has 3 aromatic rings. The van der Waals surface area contributed by atoms with Crippen molar-refractivity contribution in [3.63, 3.8) is 0 Å². The second-order valence-corrected chi connectivity index (χ2v) is 9.30. The highest BCUT2D eigenvalue weighted by molar-refractivity contribution is 7.94. The molecule has 0 unspecified atom stereocenters. The van der Waals surface area contributed by atoms with Gasteiger partial charge in [0.2, 0.25) is 5.89 Å². The molecular formula is C17H15N3O5S2. The average molecular weight is 405 g/mol. The summed E-state index contributed by atoms with van der Waals surface area (Å²) in [4.78, 5) is 0.622. The third-order valence-electron chi connectivity index (χ3n) is 4.22. The third kappa shape index (κ3) is 3.26. The molecule has 2 aromatic heterocycles. The van der Waals surface area contributed by atoms with Crippen molar-refractivity contribution in [2.24, 2.45) is 0 Å². The quantitative estimate of drug-likeness (QED) is 0.695. The zero-order valence-electron chi connectivity index (χ0n) is 14.0. The molecule has 0 bridgehead atoms. The van der Waals surface area contributed by atoms with E-state index in [1.807, 2.05) is 0 Å². The molecule has 5 rings (SSSR count). The van der Waals surface area contributed by atoms with Gasteiger partial charge in [0.15, 0.2) is 11.5 Å². The van der Waals surface area contributed by atoms with E-state index < -0.39 is 10.0 Å². The van der Waals surface area contributed by atoms with Crippen molar-refractivity contribution in [1.29, 1.82) is 0 Å². The smallest absolute Gasteiger partial charge is 0.271 e. The topological polar surface area (TPSA) is 104 Å². The minimum atomic E-state index is -3.74. The van der Waals surface area contributed by atoms with Gasteiger partial charge >= 0.3 is 0 Å². The van der Waals surface area contributed by atoms with Crippen molar-refractivity contribution in [2.75, 3.05) is 17.9 Å². The molecule has 140 valence electrons. The first-order valence-electron chi connectivity index (χ1n) is 8.44. The number of ether oxygens (including phenoxy) is 2. The molecule has 1 saturated carbocycles. The van der Waals surface area contributed by atoms with E-state index in [0.717, 1.165) is 24.2 Å². The summed E-state index contributed by atoms with van der Waals surface area (Å²) in [5.41, 5.74) is 0.406. The number of aromatic nitrogens is 2. The third-order valence-corrected chi connectivity index (χ3v) is 7.16. The van der Waals surface area contributed by atoms with Crippen LogP contribution in [0.3, 0.4) is 0 Å². The molecule has 0 atom stereocenters. The summed E-state index contributed by atoms with van der Waals surface area (Å²) < 4.78 is 44.7. The monoisotopic (exact) mass is 405 g/mol. The van der Waals surface area contributed by atoms with Gasteiger partial charge < -0.3 is 13.9 Å². The predicted octanol–water partition coefficient (Wildman–Crippen LogP) is 3.25. The standard InChI is InChI=1S/C17H15N3O5S2/c21-27(22,20-11-3-4-12-13(9-11)24-8-7-23-12)15-6-5-14(26-15)17-19-18-16(25-17)10-1-2-10/h3-6,9-10,20H,1-2,7-8H2. The molecular weight excluding hydrogens is 390 g/mol. The zero-order chi connectivity index (χ0) is 18.4. The Hall–Kier alpha value is -2.59. The van der Waals surface area contributed by atoms with Crippen molar-refractivity contribution in [2.45, 2.75) is 23.0 Å². The first-order chi connectivity index (χ1) is 13.1. The van der Waals surface area contributed by atoms with Gasteiger partial charge in [0.1, 0.15) is 17.4 Å². The Morgan fingerprint density at radius 2 is 1.85 bits per heavy atom. The van der Waals surface area contributed by atoms with E-state index >= 15 is 0 Å². The van der Waals surface area contributed by atoms with E-state index in [0.29, 0.717) is 53.0 Å². The SMILES string of the molecule is O=S(=O)(Nc1ccc2c(c1)OCCO2)c1ccc(-c2nnc(C3CC3)o2)s1. The number of nitrogens with one attached hydrogen (secondary N) is 1. The molecule has 0 radical (unpaired) electrons. The molecule has 10 heteroatoms. The first kappa shape index (κ1) is 16.6. The second kappa shape index (κ2) is 6.24. The molecule has 2 aliphatic rings. The number of rotatable bonds is 5. The highest BCUT2D eigenvalue weighted by atomic mass is 32.2. The molecule has 8 nitrogen and oxygen atoms in total. The molecule has 1 aliphatic heterocycles. The highest BCUT2D eigenvalue weighted by Gasteiger charge is 2.30. The summed E-state index contributed by atoms with van der Waals surface area (Å²) in [5, 5.41) is 8.06. The minimum Gasteiger partial charge on any atom is -0.486 e. The average Bonchev–Trinajstić information content (AvgIpc) is 3.18. The van der Waals surface area contributed by atoms with Crippen LogP contribution in [0.15, 0.2) is 39.0 Å². The van der Waals surface area contributed by atoms with Crippen LogP contribution in [0.5, 0.6) is 11.5 Å². The van der Waals surface area contributed by atoms with Crippen LogP contribution in [0.2, 0.25) is 0 Å². The maximum Gasteiger partial charge on any atom is 0.271 e.